The third kappa shape index (κ3) is 3.56. The van der Waals surface area contributed by atoms with Gasteiger partial charge in [0.05, 0.1) is 4.47 Å². The summed E-state index contributed by atoms with van der Waals surface area (Å²) in [6.45, 7) is 2.34. The van der Waals surface area contributed by atoms with Crippen LogP contribution in [0.4, 0.5) is 4.39 Å². The van der Waals surface area contributed by atoms with Gasteiger partial charge in [0.25, 0.3) is 0 Å². The van der Waals surface area contributed by atoms with E-state index in [2.05, 4.69) is 31.9 Å². The first-order valence-corrected chi connectivity index (χ1v) is 6.97. The second-order valence-electron chi connectivity index (χ2n) is 4.00. The summed E-state index contributed by atoms with van der Waals surface area (Å²) in [6.07, 6.45) is 0. The number of hydrogen-bond acceptors (Lipinski definition) is 1. The Balaban J connectivity index is 2.11. The summed E-state index contributed by atoms with van der Waals surface area (Å²) in [5.74, 6) is 0.479. The fourth-order valence-corrected chi connectivity index (χ4v) is 2.70. The quantitative estimate of drug-likeness (QED) is 0.714. The maximum Gasteiger partial charge on any atom is 0.134 e. The van der Waals surface area contributed by atoms with Gasteiger partial charge >= 0.3 is 0 Å². The van der Waals surface area contributed by atoms with Crippen molar-refractivity contribution in [1.29, 1.82) is 0 Å². The lowest BCUT2D eigenvalue weighted by molar-refractivity contribution is 0.303. The molecule has 4 heteroatoms. The van der Waals surface area contributed by atoms with E-state index in [-0.39, 0.29) is 5.82 Å². The molecule has 0 aromatic heterocycles. The Morgan fingerprint density at radius 2 is 1.89 bits per heavy atom. The molecule has 0 atom stereocenters. The number of ether oxygens (including phenoxy) is 1. The number of aryl methyl sites for hydroxylation is 1. The van der Waals surface area contributed by atoms with E-state index in [9.17, 15) is 4.39 Å². The highest BCUT2D eigenvalue weighted by Crippen LogP contribution is 2.27. The Labute approximate surface area is 122 Å². The van der Waals surface area contributed by atoms with Gasteiger partial charge in [0.1, 0.15) is 18.2 Å². The van der Waals surface area contributed by atoms with Crippen LogP contribution < -0.4 is 4.74 Å². The Hall–Kier alpha value is -0.870. The van der Waals surface area contributed by atoms with Crippen molar-refractivity contribution >= 4 is 31.9 Å². The lowest BCUT2D eigenvalue weighted by Crippen LogP contribution is -1.97. The highest BCUT2D eigenvalue weighted by molar-refractivity contribution is 9.10. The van der Waals surface area contributed by atoms with Gasteiger partial charge in [-0.1, -0.05) is 22.0 Å². The Bertz CT molecular complexity index is 549. The van der Waals surface area contributed by atoms with Crippen molar-refractivity contribution in [1.82, 2.24) is 0 Å². The molecule has 0 saturated heterocycles. The topological polar surface area (TPSA) is 9.23 Å². The minimum Gasteiger partial charge on any atom is -0.488 e. The molecule has 0 amide bonds. The standard InChI is InChI=1S/C14H11Br2FO/c1-9-2-3-14(13(16)4-9)18-8-10-5-11(15)7-12(17)6-10/h2-7H,8H2,1H3. The van der Waals surface area contributed by atoms with Gasteiger partial charge in [0, 0.05) is 4.47 Å². The lowest BCUT2D eigenvalue weighted by Gasteiger charge is -2.09. The average molecular weight is 374 g/mol. The third-order valence-electron chi connectivity index (χ3n) is 2.40. The second kappa shape index (κ2) is 5.85. The molecular formula is C14H11Br2FO. The van der Waals surface area contributed by atoms with Gasteiger partial charge in [-0.05, 0) is 64.3 Å². The van der Waals surface area contributed by atoms with E-state index in [4.69, 9.17) is 4.74 Å². The van der Waals surface area contributed by atoms with Crippen LogP contribution in [0.2, 0.25) is 0 Å². The zero-order chi connectivity index (χ0) is 13.1. The molecule has 2 aromatic rings. The molecule has 2 rings (SSSR count). The summed E-state index contributed by atoms with van der Waals surface area (Å²) in [5, 5.41) is 0. The van der Waals surface area contributed by atoms with Crippen LogP contribution in [-0.4, -0.2) is 0 Å². The van der Waals surface area contributed by atoms with Gasteiger partial charge in [-0.3, -0.25) is 0 Å². The van der Waals surface area contributed by atoms with Crippen molar-refractivity contribution in [2.24, 2.45) is 0 Å². The SMILES string of the molecule is Cc1ccc(OCc2cc(F)cc(Br)c2)c(Br)c1. The number of hydrogen-bond donors (Lipinski definition) is 0. The third-order valence-corrected chi connectivity index (χ3v) is 3.48. The molecule has 18 heavy (non-hydrogen) atoms. The zero-order valence-corrected chi connectivity index (χ0v) is 12.9. The summed E-state index contributed by atoms with van der Waals surface area (Å²) in [6, 6.07) is 10.6. The molecule has 0 aliphatic rings. The van der Waals surface area contributed by atoms with Gasteiger partial charge in [0.15, 0.2) is 0 Å². The molecule has 0 radical (unpaired) electrons. The fourth-order valence-electron chi connectivity index (χ4n) is 1.58. The predicted octanol–water partition coefficient (Wildman–Crippen LogP) is 5.24. The van der Waals surface area contributed by atoms with Crippen molar-refractivity contribution in [3.8, 4) is 5.75 Å². The van der Waals surface area contributed by atoms with E-state index in [1.807, 2.05) is 31.2 Å². The Morgan fingerprint density at radius 3 is 2.56 bits per heavy atom. The summed E-state index contributed by atoms with van der Waals surface area (Å²) in [5.41, 5.74) is 1.94. The van der Waals surface area contributed by atoms with E-state index in [0.29, 0.717) is 11.1 Å². The molecule has 0 N–H and O–H groups in total. The van der Waals surface area contributed by atoms with Crippen LogP contribution in [0.5, 0.6) is 5.75 Å². The molecule has 0 aliphatic heterocycles. The molecule has 2 aromatic carbocycles. The molecular weight excluding hydrogens is 363 g/mol. The second-order valence-corrected chi connectivity index (χ2v) is 5.77. The van der Waals surface area contributed by atoms with Crippen LogP contribution in [0.3, 0.4) is 0 Å². The predicted molar refractivity (Wildman–Crippen MR) is 77.3 cm³/mol. The van der Waals surface area contributed by atoms with Crippen LogP contribution >= 0.6 is 31.9 Å². The number of benzene rings is 2. The largest absolute Gasteiger partial charge is 0.488 e. The van der Waals surface area contributed by atoms with Crippen LogP contribution in [0.15, 0.2) is 45.3 Å². The summed E-state index contributed by atoms with van der Waals surface area (Å²) < 4.78 is 20.5. The van der Waals surface area contributed by atoms with E-state index in [1.165, 1.54) is 12.1 Å². The van der Waals surface area contributed by atoms with Crippen molar-refractivity contribution < 1.29 is 9.13 Å². The highest BCUT2D eigenvalue weighted by Gasteiger charge is 2.03. The van der Waals surface area contributed by atoms with E-state index in [1.54, 1.807) is 0 Å². The first-order valence-electron chi connectivity index (χ1n) is 5.38. The fraction of sp³-hybridized carbons (Fsp3) is 0.143. The normalized spacial score (nSPS) is 10.4. The van der Waals surface area contributed by atoms with E-state index in [0.717, 1.165) is 21.3 Å². The van der Waals surface area contributed by atoms with Crippen LogP contribution in [0.25, 0.3) is 0 Å². The smallest absolute Gasteiger partial charge is 0.134 e. The molecule has 0 aliphatic carbocycles. The van der Waals surface area contributed by atoms with Crippen molar-refractivity contribution in [3.05, 3.63) is 62.3 Å². The van der Waals surface area contributed by atoms with Crippen molar-refractivity contribution in [2.45, 2.75) is 13.5 Å². The molecule has 0 bridgehead atoms. The zero-order valence-electron chi connectivity index (χ0n) is 9.71. The van der Waals surface area contributed by atoms with Gasteiger partial charge in [-0.2, -0.15) is 0 Å². The summed E-state index contributed by atoms with van der Waals surface area (Å²) >= 11 is 6.70. The van der Waals surface area contributed by atoms with Gasteiger partial charge in [0.2, 0.25) is 0 Å². The highest BCUT2D eigenvalue weighted by atomic mass is 79.9. The minimum absolute atomic E-state index is 0.272. The summed E-state index contributed by atoms with van der Waals surface area (Å²) in [7, 11) is 0. The number of rotatable bonds is 3. The van der Waals surface area contributed by atoms with Crippen LogP contribution in [0.1, 0.15) is 11.1 Å². The van der Waals surface area contributed by atoms with Gasteiger partial charge in [-0.25, -0.2) is 4.39 Å². The lowest BCUT2D eigenvalue weighted by atomic mass is 10.2. The van der Waals surface area contributed by atoms with Crippen LogP contribution in [-0.2, 0) is 6.61 Å². The molecule has 0 heterocycles. The monoisotopic (exact) mass is 372 g/mol. The average Bonchev–Trinajstić information content (AvgIpc) is 2.26. The summed E-state index contributed by atoms with van der Waals surface area (Å²) in [4.78, 5) is 0. The Kier molecular flexibility index (Phi) is 4.40. The van der Waals surface area contributed by atoms with Gasteiger partial charge in [-0.15, -0.1) is 0 Å². The first-order chi connectivity index (χ1) is 8.54. The molecule has 0 spiro atoms. The Morgan fingerprint density at radius 1 is 1.11 bits per heavy atom. The van der Waals surface area contributed by atoms with Crippen molar-refractivity contribution in [3.63, 3.8) is 0 Å². The molecule has 1 nitrogen and oxygen atoms in total. The number of halogens is 3. The van der Waals surface area contributed by atoms with E-state index < -0.39 is 0 Å². The van der Waals surface area contributed by atoms with E-state index >= 15 is 0 Å². The first kappa shape index (κ1) is 13.6. The molecule has 0 fully saturated rings. The van der Waals surface area contributed by atoms with Gasteiger partial charge < -0.3 is 4.74 Å². The van der Waals surface area contributed by atoms with Crippen molar-refractivity contribution in [2.75, 3.05) is 0 Å². The molecule has 94 valence electrons. The van der Waals surface area contributed by atoms with Crippen LogP contribution in [0, 0.1) is 12.7 Å². The molecule has 0 unspecified atom stereocenters. The maximum absolute atomic E-state index is 13.2. The molecule has 0 saturated carbocycles. The maximum atomic E-state index is 13.2. The minimum atomic E-state index is -0.272.